The molecule has 2 amide bonds. The topological polar surface area (TPSA) is 133 Å². The third-order valence-electron chi connectivity index (χ3n) is 5.73. The maximum Gasteiger partial charge on any atom is 0.310 e. The Morgan fingerprint density at radius 1 is 1.30 bits per heavy atom. The predicted molar refractivity (Wildman–Crippen MR) is 122 cm³/mol. The summed E-state index contributed by atoms with van der Waals surface area (Å²) in [6.07, 6.45) is 1.22. The van der Waals surface area contributed by atoms with Gasteiger partial charge in [-0.25, -0.2) is 0 Å². The maximum atomic E-state index is 13.0. The summed E-state index contributed by atoms with van der Waals surface area (Å²) in [5.74, 6) is -2.31. The molecule has 0 saturated carbocycles. The molecule has 174 valence electrons. The van der Waals surface area contributed by atoms with Crippen LogP contribution >= 0.6 is 11.6 Å². The van der Waals surface area contributed by atoms with Gasteiger partial charge in [-0.3, -0.25) is 24.2 Å². The van der Waals surface area contributed by atoms with Crippen molar-refractivity contribution in [2.24, 2.45) is 5.92 Å². The maximum absolute atomic E-state index is 13.0. The molecule has 2 aliphatic rings. The lowest BCUT2D eigenvalue weighted by atomic mass is 9.92. The summed E-state index contributed by atoms with van der Waals surface area (Å²) in [6, 6.07) is 6.70. The van der Waals surface area contributed by atoms with Crippen molar-refractivity contribution in [1.82, 2.24) is 9.97 Å². The van der Waals surface area contributed by atoms with Crippen LogP contribution in [-0.4, -0.2) is 47.4 Å². The summed E-state index contributed by atoms with van der Waals surface area (Å²) in [4.78, 5) is 59.4. The number of fused-ring (bicyclic) bond motifs is 1. The molecule has 0 radical (unpaired) electrons. The zero-order chi connectivity index (χ0) is 23.5. The fraction of sp³-hybridized carbons (Fsp3) is 0.409. The summed E-state index contributed by atoms with van der Waals surface area (Å²) in [5, 5.41) is 5.63. The molecule has 3 N–H and O–H groups in total. The van der Waals surface area contributed by atoms with Gasteiger partial charge in [0.1, 0.15) is 5.82 Å². The number of benzene rings is 1. The molecule has 0 spiro atoms. The van der Waals surface area contributed by atoms with Crippen LogP contribution in [0, 0.1) is 5.92 Å². The Morgan fingerprint density at radius 3 is 2.85 bits per heavy atom. The molecule has 0 aliphatic carbocycles. The van der Waals surface area contributed by atoms with E-state index >= 15 is 0 Å². The lowest BCUT2D eigenvalue weighted by Gasteiger charge is -2.32. The normalized spacial score (nSPS) is 19.9. The van der Waals surface area contributed by atoms with Gasteiger partial charge in [0.15, 0.2) is 0 Å². The van der Waals surface area contributed by atoms with Crippen molar-refractivity contribution in [3.8, 4) is 0 Å². The van der Waals surface area contributed by atoms with E-state index in [0.717, 1.165) is 6.42 Å². The van der Waals surface area contributed by atoms with Crippen LogP contribution in [0.1, 0.15) is 37.7 Å². The fourth-order valence-corrected chi connectivity index (χ4v) is 4.32. The second-order valence-electron chi connectivity index (χ2n) is 7.96. The molecule has 4 rings (SSSR count). The first-order valence-corrected chi connectivity index (χ1v) is 11.2. The Bertz CT molecular complexity index is 1150. The number of hydrogen-bond acceptors (Lipinski definition) is 7. The number of nitrogens with zero attached hydrogens (tertiary/aromatic N) is 2. The second kappa shape index (κ2) is 9.62. The Kier molecular flexibility index (Phi) is 6.64. The molecule has 33 heavy (non-hydrogen) atoms. The first kappa shape index (κ1) is 22.8. The molecule has 11 heteroatoms. The van der Waals surface area contributed by atoms with Gasteiger partial charge < -0.3 is 20.3 Å². The van der Waals surface area contributed by atoms with Crippen molar-refractivity contribution < 1.29 is 19.1 Å². The van der Waals surface area contributed by atoms with Crippen molar-refractivity contribution in [3.05, 3.63) is 45.2 Å². The van der Waals surface area contributed by atoms with Crippen LogP contribution in [0.4, 0.5) is 17.5 Å². The van der Waals surface area contributed by atoms with Crippen LogP contribution in [0.5, 0.6) is 0 Å². The number of anilines is 3. The molecular weight excluding hydrogens is 450 g/mol. The zero-order valence-corrected chi connectivity index (χ0v) is 18.8. The average molecular weight is 474 g/mol. The second-order valence-corrected chi connectivity index (χ2v) is 8.37. The predicted octanol–water partition coefficient (Wildman–Crippen LogP) is 2.27. The van der Waals surface area contributed by atoms with E-state index in [4.69, 9.17) is 16.3 Å². The first-order valence-electron chi connectivity index (χ1n) is 10.8. The van der Waals surface area contributed by atoms with Gasteiger partial charge in [-0.15, -0.1) is 0 Å². The van der Waals surface area contributed by atoms with Crippen molar-refractivity contribution in [2.45, 2.75) is 32.1 Å². The molecule has 1 saturated heterocycles. The van der Waals surface area contributed by atoms with Gasteiger partial charge in [-0.05, 0) is 31.9 Å². The van der Waals surface area contributed by atoms with Gasteiger partial charge in [0, 0.05) is 19.5 Å². The minimum absolute atomic E-state index is 0.0440. The van der Waals surface area contributed by atoms with E-state index in [1.807, 2.05) is 0 Å². The number of para-hydroxylation sites is 1. The molecule has 1 aromatic carbocycles. The Balaban J connectivity index is 1.60. The van der Waals surface area contributed by atoms with Crippen molar-refractivity contribution in [2.75, 3.05) is 35.2 Å². The summed E-state index contributed by atoms with van der Waals surface area (Å²) in [7, 11) is 0. The molecule has 0 unspecified atom stereocenters. The highest BCUT2D eigenvalue weighted by atomic mass is 35.5. The number of amides is 2. The third kappa shape index (κ3) is 4.85. The quantitative estimate of drug-likeness (QED) is 0.567. The smallest absolute Gasteiger partial charge is 0.310 e. The molecule has 2 atom stereocenters. The number of carbonyl (C=O) groups excluding carboxylic acids is 3. The van der Waals surface area contributed by atoms with Crippen LogP contribution in [0.25, 0.3) is 0 Å². The monoisotopic (exact) mass is 473 g/mol. The van der Waals surface area contributed by atoms with E-state index in [2.05, 4.69) is 20.6 Å². The van der Waals surface area contributed by atoms with E-state index in [9.17, 15) is 19.2 Å². The Labute approximate surface area is 194 Å². The van der Waals surface area contributed by atoms with E-state index in [1.54, 1.807) is 36.1 Å². The van der Waals surface area contributed by atoms with Crippen LogP contribution in [0.3, 0.4) is 0 Å². The summed E-state index contributed by atoms with van der Waals surface area (Å²) >= 11 is 6.12. The number of aromatic amines is 1. The van der Waals surface area contributed by atoms with Crippen molar-refractivity contribution in [3.63, 3.8) is 0 Å². The van der Waals surface area contributed by atoms with E-state index < -0.39 is 23.3 Å². The minimum atomic E-state index is -1.02. The van der Waals surface area contributed by atoms with Gasteiger partial charge in [-0.2, -0.15) is 4.98 Å². The first-order chi connectivity index (χ1) is 15.9. The van der Waals surface area contributed by atoms with Crippen LogP contribution in [-0.2, 0) is 19.1 Å². The van der Waals surface area contributed by atoms with Crippen LogP contribution in [0.15, 0.2) is 29.1 Å². The van der Waals surface area contributed by atoms with Gasteiger partial charge in [0.25, 0.3) is 5.56 Å². The SMILES string of the molecule is CCOC(=O)[C@@H]1CCCN(c2nc3c(c(=O)[nH]2)[C@@H](C(=O)Nc2ccccc2Cl)CC(=O)N3)C1. The molecule has 1 aromatic heterocycles. The van der Waals surface area contributed by atoms with E-state index in [1.165, 1.54) is 0 Å². The van der Waals surface area contributed by atoms with E-state index in [0.29, 0.717) is 36.8 Å². The van der Waals surface area contributed by atoms with Crippen molar-refractivity contribution >= 4 is 46.8 Å². The molecule has 3 heterocycles. The number of H-pyrrole nitrogens is 1. The standard InChI is InChI=1S/C22H24ClN5O5/c1-2-33-21(32)12-6-5-9-28(11-12)22-26-18-17(20(31)27-22)13(10-16(29)25-18)19(30)24-15-8-4-3-7-14(15)23/h3-4,7-8,12-13H,2,5-6,9-11H2,1H3,(H,24,30)(H2,25,26,27,29,31)/t12-,13+/m1/s1. The van der Waals surface area contributed by atoms with Gasteiger partial charge in [-0.1, -0.05) is 23.7 Å². The molecule has 2 aromatic rings. The molecule has 10 nitrogen and oxygen atoms in total. The number of esters is 1. The summed E-state index contributed by atoms with van der Waals surface area (Å²) < 4.78 is 5.12. The number of rotatable bonds is 5. The van der Waals surface area contributed by atoms with Crippen LogP contribution < -0.4 is 21.1 Å². The molecule has 2 aliphatic heterocycles. The van der Waals surface area contributed by atoms with E-state index in [-0.39, 0.29) is 35.6 Å². The average Bonchev–Trinajstić information content (AvgIpc) is 2.80. The third-order valence-corrected chi connectivity index (χ3v) is 6.06. The van der Waals surface area contributed by atoms with Gasteiger partial charge in [0.2, 0.25) is 17.8 Å². The molecule has 0 bridgehead atoms. The number of halogens is 1. The fourth-order valence-electron chi connectivity index (χ4n) is 4.14. The highest BCUT2D eigenvalue weighted by Gasteiger charge is 2.36. The van der Waals surface area contributed by atoms with Gasteiger partial charge in [0.05, 0.1) is 34.7 Å². The highest BCUT2D eigenvalue weighted by Crippen LogP contribution is 2.32. The zero-order valence-electron chi connectivity index (χ0n) is 18.0. The molecular formula is C22H24ClN5O5. The Hall–Kier alpha value is -3.40. The highest BCUT2D eigenvalue weighted by molar-refractivity contribution is 6.33. The summed E-state index contributed by atoms with van der Waals surface area (Å²) in [5.41, 5.74) is -0.0505. The van der Waals surface area contributed by atoms with Crippen molar-refractivity contribution in [1.29, 1.82) is 0 Å². The number of ether oxygens (including phenoxy) is 1. The Morgan fingerprint density at radius 2 is 2.09 bits per heavy atom. The lowest BCUT2D eigenvalue weighted by molar-refractivity contribution is -0.148. The number of nitrogens with one attached hydrogen (secondary N) is 3. The number of aromatic nitrogens is 2. The number of carbonyl (C=O) groups is 3. The summed E-state index contributed by atoms with van der Waals surface area (Å²) in [6.45, 7) is 2.97. The number of piperidine rings is 1. The number of hydrogen-bond donors (Lipinski definition) is 3. The minimum Gasteiger partial charge on any atom is -0.466 e. The lowest BCUT2D eigenvalue weighted by Crippen LogP contribution is -2.42. The van der Waals surface area contributed by atoms with Gasteiger partial charge >= 0.3 is 5.97 Å². The molecule has 1 fully saturated rings. The van der Waals surface area contributed by atoms with Crippen LogP contribution in [0.2, 0.25) is 5.02 Å². The largest absolute Gasteiger partial charge is 0.466 e.